The molecular formula is C14H15N5OS. The lowest BCUT2D eigenvalue weighted by atomic mass is 10.2. The van der Waals surface area contributed by atoms with Crippen molar-refractivity contribution in [3.63, 3.8) is 0 Å². The van der Waals surface area contributed by atoms with Crippen molar-refractivity contribution in [1.82, 2.24) is 24.6 Å². The van der Waals surface area contributed by atoms with Crippen LogP contribution in [0.3, 0.4) is 0 Å². The van der Waals surface area contributed by atoms with Crippen molar-refractivity contribution < 1.29 is 0 Å². The first kappa shape index (κ1) is 13.8. The van der Waals surface area contributed by atoms with Crippen LogP contribution < -0.4 is 5.56 Å². The van der Waals surface area contributed by atoms with Crippen LogP contribution in [0.2, 0.25) is 0 Å². The van der Waals surface area contributed by atoms with Gasteiger partial charge in [0.1, 0.15) is 0 Å². The van der Waals surface area contributed by atoms with Crippen molar-refractivity contribution in [1.29, 1.82) is 0 Å². The van der Waals surface area contributed by atoms with Crippen LogP contribution in [-0.2, 0) is 12.2 Å². The van der Waals surface area contributed by atoms with E-state index in [-0.39, 0.29) is 5.56 Å². The zero-order chi connectivity index (χ0) is 14.7. The molecule has 0 aromatic carbocycles. The Morgan fingerprint density at radius 1 is 1.33 bits per heavy atom. The number of thioether (sulfide) groups is 1. The van der Waals surface area contributed by atoms with E-state index in [0.29, 0.717) is 11.5 Å². The lowest BCUT2D eigenvalue weighted by Crippen LogP contribution is -2.11. The molecule has 0 aliphatic heterocycles. The maximum Gasteiger partial charge on any atom is 0.252 e. The van der Waals surface area contributed by atoms with E-state index in [0.717, 1.165) is 29.4 Å². The molecule has 0 amide bonds. The van der Waals surface area contributed by atoms with E-state index >= 15 is 0 Å². The standard InChI is InChI=1S/C14H15N5OS/c1-2-5-11-8-12(20)16-13-17-18-14(19(11)13)21-9-10-6-3-4-7-15-10/h3-4,6-8H,2,5,9H2,1H3,(H,16,17,20). The Bertz CT molecular complexity index is 796. The number of nitrogens with zero attached hydrogens (tertiary/aromatic N) is 4. The average molecular weight is 301 g/mol. The molecule has 1 N–H and O–H groups in total. The summed E-state index contributed by atoms with van der Waals surface area (Å²) in [7, 11) is 0. The van der Waals surface area contributed by atoms with E-state index in [1.165, 1.54) is 0 Å². The molecule has 108 valence electrons. The zero-order valence-corrected chi connectivity index (χ0v) is 12.4. The molecule has 0 aliphatic rings. The van der Waals surface area contributed by atoms with Gasteiger partial charge in [0.15, 0.2) is 5.16 Å². The van der Waals surface area contributed by atoms with Gasteiger partial charge >= 0.3 is 0 Å². The van der Waals surface area contributed by atoms with Crippen LogP contribution in [0.1, 0.15) is 24.7 Å². The Labute approximate surface area is 125 Å². The average Bonchev–Trinajstić information content (AvgIpc) is 2.89. The molecular weight excluding hydrogens is 286 g/mol. The highest BCUT2D eigenvalue weighted by Gasteiger charge is 2.11. The predicted octanol–water partition coefficient (Wildman–Crippen LogP) is 2.06. The minimum atomic E-state index is -0.139. The van der Waals surface area contributed by atoms with E-state index in [9.17, 15) is 4.79 Å². The molecule has 3 rings (SSSR count). The van der Waals surface area contributed by atoms with Gasteiger partial charge in [0.05, 0.1) is 5.69 Å². The molecule has 0 spiro atoms. The lowest BCUT2D eigenvalue weighted by Gasteiger charge is -2.05. The summed E-state index contributed by atoms with van der Waals surface area (Å²) in [6.45, 7) is 2.08. The summed E-state index contributed by atoms with van der Waals surface area (Å²) in [4.78, 5) is 18.6. The van der Waals surface area contributed by atoms with E-state index in [1.54, 1.807) is 24.0 Å². The Balaban J connectivity index is 1.93. The third-order valence-corrected chi connectivity index (χ3v) is 4.00. The summed E-state index contributed by atoms with van der Waals surface area (Å²) in [5.74, 6) is 1.21. The van der Waals surface area contributed by atoms with Crippen molar-refractivity contribution >= 4 is 17.5 Å². The molecule has 0 unspecified atom stereocenters. The molecule has 0 saturated heterocycles. The van der Waals surface area contributed by atoms with Gasteiger partial charge in [-0.15, -0.1) is 10.2 Å². The van der Waals surface area contributed by atoms with Gasteiger partial charge in [-0.2, -0.15) is 0 Å². The van der Waals surface area contributed by atoms with E-state index in [1.807, 2.05) is 22.6 Å². The molecule has 0 bridgehead atoms. The second-order valence-corrected chi connectivity index (χ2v) is 5.57. The Kier molecular flexibility index (Phi) is 4.01. The maximum absolute atomic E-state index is 11.6. The third-order valence-electron chi connectivity index (χ3n) is 3.03. The summed E-state index contributed by atoms with van der Waals surface area (Å²) >= 11 is 1.56. The number of H-pyrrole nitrogens is 1. The van der Waals surface area contributed by atoms with Gasteiger partial charge in [-0.1, -0.05) is 31.2 Å². The molecule has 3 aromatic rings. The van der Waals surface area contributed by atoms with Crippen LogP contribution >= 0.6 is 11.8 Å². The van der Waals surface area contributed by atoms with Gasteiger partial charge in [-0.3, -0.25) is 19.2 Å². The summed E-state index contributed by atoms with van der Waals surface area (Å²) in [6, 6.07) is 7.45. The molecule has 7 heteroatoms. The van der Waals surface area contributed by atoms with E-state index in [4.69, 9.17) is 0 Å². The molecule has 6 nitrogen and oxygen atoms in total. The SMILES string of the molecule is CCCc1cc(=O)[nH]c2nnc(SCc3ccccn3)n12. The molecule has 0 atom stereocenters. The van der Waals surface area contributed by atoms with Crippen LogP contribution in [0.5, 0.6) is 0 Å². The highest BCUT2D eigenvalue weighted by atomic mass is 32.2. The normalized spacial score (nSPS) is 11.1. The predicted molar refractivity (Wildman–Crippen MR) is 81.4 cm³/mol. The van der Waals surface area contributed by atoms with Crippen LogP contribution in [-0.4, -0.2) is 24.6 Å². The molecule has 3 aromatic heterocycles. The van der Waals surface area contributed by atoms with E-state index in [2.05, 4.69) is 27.1 Å². The highest BCUT2D eigenvalue weighted by molar-refractivity contribution is 7.98. The van der Waals surface area contributed by atoms with E-state index < -0.39 is 0 Å². The Hall–Kier alpha value is -2.15. The highest BCUT2D eigenvalue weighted by Crippen LogP contribution is 2.21. The van der Waals surface area contributed by atoms with Gasteiger partial charge in [0, 0.05) is 23.7 Å². The molecule has 21 heavy (non-hydrogen) atoms. The number of hydrogen-bond donors (Lipinski definition) is 1. The molecule has 3 heterocycles. The second-order valence-electron chi connectivity index (χ2n) is 4.63. The Morgan fingerprint density at radius 2 is 2.24 bits per heavy atom. The van der Waals surface area contributed by atoms with Gasteiger partial charge in [-0.25, -0.2) is 0 Å². The van der Waals surface area contributed by atoms with Gasteiger partial charge in [0.2, 0.25) is 5.78 Å². The van der Waals surface area contributed by atoms with Gasteiger partial charge < -0.3 is 0 Å². The number of aromatic amines is 1. The van der Waals surface area contributed by atoms with Crippen LogP contribution in [0.25, 0.3) is 5.78 Å². The minimum Gasteiger partial charge on any atom is -0.291 e. The van der Waals surface area contributed by atoms with Crippen molar-refractivity contribution in [3.8, 4) is 0 Å². The fraction of sp³-hybridized carbons (Fsp3) is 0.286. The van der Waals surface area contributed by atoms with Crippen molar-refractivity contribution in [2.24, 2.45) is 0 Å². The smallest absolute Gasteiger partial charge is 0.252 e. The van der Waals surface area contributed by atoms with Crippen molar-refractivity contribution in [2.45, 2.75) is 30.7 Å². The Morgan fingerprint density at radius 3 is 3.00 bits per heavy atom. The van der Waals surface area contributed by atoms with Gasteiger partial charge in [0.25, 0.3) is 5.56 Å². The minimum absolute atomic E-state index is 0.139. The number of pyridine rings is 1. The first-order valence-corrected chi connectivity index (χ1v) is 7.76. The topological polar surface area (TPSA) is 75.9 Å². The second kappa shape index (κ2) is 6.09. The molecule has 0 saturated carbocycles. The zero-order valence-electron chi connectivity index (χ0n) is 11.6. The molecule has 0 radical (unpaired) electrons. The largest absolute Gasteiger partial charge is 0.291 e. The van der Waals surface area contributed by atoms with Crippen LogP contribution in [0, 0.1) is 0 Å². The first-order chi connectivity index (χ1) is 10.3. The van der Waals surface area contributed by atoms with Crippen LogP contribution in [0.4, 0.5) is 0 Å². The van der Waals surface area contributed by atoms with Crippen molar-refractivity contribution in [2.75, 3.05) is 0 Å². The summed E-state index contributed by atoms with van der Waals surface area (Å²) in [5.41, 5.74) is 1.78. The fourth-order valence-corrected chi connectivity index (χ4v) is 3.01. The number of nitrogens with one attached hydrogen (secondary N) is 1. The summed E-state index contributed by atoms with van der Waals surface area (Å²) in [5, 5.41) is 9.00. The van der Waals surface area contributed by atoms with Gasteiger partial charge in [-0.05, 0) is 18.6 Å². The first-order valence-electron chi connectivity index (χ1n) is 6.78. The monoisotopic (exact) mass is 301 g/mol. The van der Waals surface area contributed by atoms with Crippen LogP contribution in [0.15, 0.2) is 40.4 Å². The molecule has 0 aliphatic carbocycles. The molecule has 0 fully saturated rings. The quantitative estimate of drug-likeness (QED) is 0.730. The number of aromatic nitrogens is 5. The van der Waals surface area contributed by atoms with Crippen molar-refractivity contribution in [3.05, 3.63) is 52.2 Å². The third kappa shape index (κ3) is 2.97. The maximum atomic E-state index is 11.6. The summed E-state index contributed by atoms with van der Waals surface area (Å²) in [6.07, 6.45) is 3.55. The number of hydrogen-bond acceptors (Lipinski definition) is 5. The summed E-state index contributed by atoms with van der Waals surface area (Å²) < 4.78 is 1.92. The number of aryl methyl sites for hydroxylation is 1. The number of rotatable bonds is 5. The number of fused-ring (bicyclic) bond motifs is 1. The fourth-order valence-electron chi connectivity index (χ4n) is 2.13. The lowest BCUT2D eigenvalue weighted by molar-refractivity contribution is 0.800.